The van der Waals surface area contributed by atoms with Gasteiger partial charge >= 0.3 is 6.09 Å². The Labute approximate surface area is 220 Å². The molecule has 2 unspecified atom stereocenters. The van der Waals surface area contributed by atoms with Crippen LogP contribution in [0.15, 0.2) is 18.2 Å². The van der Waals surface area contributed by atoms with E-state index in [0.717, 1.165) is 38.5 Å². The van der Waals surface area contributed by atoms with Gasteiger partial charge in [0, 0.05) is 23.9 Å². The molecule has 0 radical (unpaired) electrons. The first-order valence-corrected chi connectivity index (χ1v) is 13.6. The number of aromatic hydroxyl groups is 1. The summed E-state index contributed by atoms with van der Waals surface area (Å²) in [5, 5.41) is 16.7. The molecule has 1 aliphatic rings. The monoisotopic (exact) mass is 521 g/mol. The van der Waals surface area contributed by atoms with Crippen LogP contribution in [0.2, 0.25) is 0 Å². The number of aryl methyl sites for hydroxylation is 1. The van der Waals surface area contributed by atoms with Crippen molar-refractivity contribution in [1.29, 1.82) is 0 Å². The number of nitrogens with zero attached hydrogens (tertiary/aromatic N) is 1. The van der Waals surface area contributed by atoms with Crippen molar-refractivity contribution < 1.29 is 24.2 Å². The van der Waals surface area contributed by atoms with E-state index in [4.69, 9.17) is 4.74 Å². The summed E-state index contributed by atoms with van der Waals surface area (Å²) in [6, 6.07) is 3.18. The molecule has 1 aromatic rings. The van der Waals surface area contributed by atoms with E-state index >= 15 is 0 Å². The molecule has 0 aromatic heterocycles. The minimum Gasteiger partial charge on any atom is -0.507 e. The Balaban J connectivity index is 2.44. The molecule has 1 aromatic carbocycles. The Kier molecular flexibility index (Phi) is 11.4. The van der Waals surface area contributed by atoms with Gasteiger partial charge in [0.15, 0.2) is 0 Å². The second kappa shape index (κ2) is 13.8. The molecule has 0 aliphatic heterocycles. The number of rotatable bonds is 10. The van der Waals surface area contributed by atoms with E-state index in [1.807, 2.05) is 6.92 Å². The fraction of sp³-hybridized carbons (Fsp3) is 0.667. The lowest BCUT2D eigenvalue weighted by molar-refractivity contribution is -0.142. The fourth-order valence-electron chi connectivity index (χ4n) is 4.41. The smallest absolute Gasteiger partial charge is 0.408 e. The van der Waals surface area contributed by atoms with Crippen LogP contribution < -0.4 is 10.6 Å². The number of ether oxygens (including phenoxy) is 1. The van der Waals surface area contributed by atoms with E-state index in [-0.39, 0.29) is 30.0 Å². The number of nitrogens with one attached hydrogen (secondary N) is 2. The number of phenolic OH excluding ortho intramolecular Hbond substituents is 1. The number of thiol groups is 1. The molecule has 3 amide bonds. The number of phenols is 1. The van der Waals surface area contributed by atoms with Crippen LogP contribution in [-0.4, -0.2) is 57.9 Å². The molecule has 2 rings (SSSR count). The third-order valence-corrected chi connectivity index (χ3v) is 6.65. The first kappa shape index (κ1) is 29.8. The standard InChI is InChI=1S/C27H43N3O5S/c1-6-7-16-30(25(33)21(17-36)29-26(34)35-27(3,4)5)22(20-15-11-12-18(2)23(20)31)24(32)28-19-13-9-8-10-14-19/h11-12,15,19,21-22,31,36H,6-10,13-14,16-17H2,1-5H3,(H,28,32)(H,29,34). The highest BCUT2D eigenvalue weighted by atomic mass is 32.1. The SMILES string of the molecule is CCCCN(C(=O)C(CS)NC(=O)OC(C)(C)C)C(C(=O)NC1CCCCC1)c1cccc(C)c1O. The third-order valence-electron chi connectivity index (χ3n) is 6.28. The van der Waals surface area contributed by atoms with Gasteiger partial charge in [0.05, 0.1) is 0 Å². The average Bonchev–Trinajstić information content (AvgIpc) is 2.81. The molecule has 2 atom stereocenters. The predicted octanol–water partition coefficient (Wildman–Crippen LogP) is 4.64. The van der Waals surface area contributed by atoms with Gasteiger partial charge in [-0.2, -0.15) is 12.6 Å². The molecule has 1 saturated carbocycles. The van der Waals surface area contributed by atoms with Crippen LogP contribution in [0.4, 0.5) is 4.79 Å². The molecular formula is C27H43N3O5S. The molecule has 1 fully saturated rings. The highest BCUT2D eigenvalue weighted by Crippen LogP contribution is 2.33. The van der Waals surface area contributed by atoms with Crippen LogP contribution in [-0.2, 0) is 14.3 Å². The zero-order valence-electron chi connectivity index (χ0n) is 22.3. The van der Waals surface area contributed by atoms with Crippen LogP contribution in [0.5, 0.6) is 5.75 Å². The number of alkyl carbamates (subject to hydrolysis) is 1. The van der Waals surface area contributed by atoms with Crippen molar-refractivity contribution in [2.24, 2.45) is 0 Å². The van der Waals surface area contributed by atoms with Crippen molar-refractivity contribution in [3.05, 3.63) is 29.3 Å². The van der Waals surface area contributed by atoms with E-state index in [9.17, 15) is 19.5 Å². The first-order chi connectivity index (χ1) is 17.0. The molecule has 0 bridgehead atoms. The summed E-state index contributed by atoms with van der Waals surface area (Å²) in [6.45, 7) is 9.26. The van der Waals surface area contributed by atoms with E-state index in [0.29, 0.717) is 17.5 Å². The second-order valence-corrected chi connectivity index (χ2v) is 10.9. The Morgan fingerprint density at radius 1 is 1.19 bits per heavy atom. The summed E-state index contributed by atoms with van der Waals surface area (Å²) in [6.07, 6.45) is 5.74. The van der Waals surface area contributed by atoms with Crippen LogP contribution in [0.3, 0.4) is 0 Å². The first-order valence-electron chi connectivity index (χ1n) is 13.0. The van der Waals surface area contributed by atoms with Gasteiger partial charge in [0.1, 0.15) is 23.4 Å². The van der Waals surface area contributed by atoms with Crippen molar-refractivity contribution in [2.75, 3.05) is 12.3 Å². The topological polar surface area (TPSA) is 108 Å². The van der Waals surface area contributed by atoms with Gasteiger partial charge in [0.2, 0.25) is 11.8 Å². The van der Waals surface area contributed by atoms with Crippen molar-refractivity contribution in [3.8, 4) is 5.75 Å². The third kappa shape index (κ3) is 8.61. The summed E-state index contributed by atoms with van der Waals surface area (Å²) in [5.41, 5.74) is 0.248. The Hall–Kier alpha value is -2.42. The van der Waals surface area contributed by atoms with Crippen molar-refractivity contribution in [1.82, 2.24) is 15.5 Å². The fourth-order valence-corrected chi connectivity index (χ4v) is 4.66. The lowest BCUT2D eigenvalue weighted by atomic mass is 9.94. The highest BCUT2D eigenvalue weighted by Gasteiger charge is 2.37. The minimum atomic E-state index is -1.05. The minimum absolute atomic E-state index is 0.0156. The molecule has 9 heteroatoms. The van der Waals surface area contributed by atoms with Crippen LogP contribution in [0, 0.1) is 6.92 Å². The van der Waals surface area contributed by atoms with Crippen LogP contribution in [0.1, 0.15) is 89.8 Å². The summed E-state index contributed by atoms with van der Waals surface area (Å²) in [7, 11) is 0. The molecule has 8 nitrogen and oxygen atoms in total. The quantitative estimate of drug-likeness (QED) is 0.336. The lowest BCUT2D eigenvalue weighted by Crippen LogP contribution is -2.54. The number of carbonyl (C=O) groups excluding carboxylic acids is 3. The highest BCUT2D eigenvalue weighted by molar-refractivity contribution is 7.80. The number of hydrogen-bond acceptors (Lipinski definition) is 6. The Bertz CT molecular complexity index is 896. The number of hydrogen-bond donors (Lipinski definition) is 4. The molecule has 1 aliphatic carbocycles. The molecule has 0 heterocycles. The maximum atomic E-state index is 13.8. The maximum absolute atomic E-state index is 13.8. The Morgan fingerprint density at radius 3 is 2.44 bits per heavy atom. The molecule has 36 heavy (non-hydrogen) atoms. The van der Waals surface area contributed by atoms with Crippen molar-refractivity contribution in [2.45, 2.75) is 103 Å². The van der Waals surface area contributed by atoms with Crippen molar-refractivity contribution in [3.63, 3.8) is 0 Å². The van der Waals surface area contributed by atoms with Gasteiger partial charge < -0.3 is 25.4 Å². The van der Waals surface area contributed by atoms with Gasteiger partial charge in [-0.1, -0.05) is 50.8 Å². The summed E-state index contributed by atoms with van der Waals surface area (Å²) in [4.78, 5) is 41.5. The summed E-state index contributed by atoms with van der Waals surface area (Å²) < 4.78 is 5.33. The predicted molar refractivity (Wildman–Crippen MR) is 144 cm³/mol. The van der Waals surface area contributed by atoms with Gasteiger partial charge in [-0.3, -0.25) is 9.59 Å². The van der Waals surface area contributed by atoms with Crippen molar-refractivity contribution >= 4 is 30.5 Å². The zero-order chi connectivity index (χ0) is 26.9. The van der Waals surface area contributed by atoms with Gasteiger partial charge in [-0.15, -0.1) is 0 Å². The summed E-state index contributed by atoms with van der Waals surface area (Å²) in [5.74, 6) is -0.771. The number of amides is 3. The number of benzene rings is 1. The Morgan fingerprint density at radius 2 is 1.86 bits per heavy atom. The summed E-state index contributed by atoms with van der Waals surface area (Å²) >= 11 is 4.31. The van der Waals surface area contributed by atoms with E-state index < -0.39 is 29.7 Å². The van der Waals surface area contributed by atoms with Crippen LogP contribution in [0.25, 0.3) is 0 Å². The normalized spacial score (nSPS) is 16.1. The average molecular weight is 522 g/mol. The molecule has 0 spiro atoms. The lowest BCUT2D eigenvalue weighted by Gasteiger charge is -2.35. The molecule has 3 N–H and O–H groups in total. The zero-order valence-corrected chi connectivity index (χ0v) is 23.2. The van der Waals surface area contributed by atoms with Crippen LogP contribution >= 0.6 is 12.6 Å². The maximum Gasteiger partial charge on any atom is 0.408 e. The number of carbonyl (C=O) groups is 3. The molecule has 202 valence electrons. The largest absolute Gasteiger partial charge is 0.507 e. The number of unbranched alkanes of at least 4 members (excludes halogenated alkanes) is 1. The van der Waals surface area contributed by atoms with Gasteiger partial charge in [-0.25, -0.2) is 4.79 Å². The van der Waals surface area contributed by atoms with E-state index in [1.54, 1.807) is 45.9 Å². The molecular weight excluding hydrogens is 478 g/mol. The van der Waals surface area contributed by atoms with E-state index in [2.05, 4.69) is 23.3 Å². The van der Waals surface area contributed by atoms with Gasteiger partial charge in [-0.05, 0) is 52.5 Å². The number of para-hydroxylation sites is 1. The van der Waals surface area contributed by atoms with E-state index in [1.165, 1.54) is 4.90 Å². The molecule has 0 saturated heterocycles. The van der Waals surface area contributed by atoms with Gasteiger partial charge in [0.25, 0.3) is 0 Å². The second-order valence-electron chi connectivity index (χ2n) is 10.5.